The monoisotopic (exact) mass is 222 g/mol. The van der Waals surface area contributed by atoms with Crippen LogP contribution in [0.3, 0.4) is 0 Å². The molecule has 1 aromatic carbocycles. The number of aliphatic carboxylic acids is 1. The molecule has 2 rings (SSSR count). The van der Waals surface area contributed by atoms with Crippen LogP contribution >= 0.6 is 0 Å². The van der Waals surface area contributed by atoms with Crippen molar-refractivity contribution in [2.24, 2.45) is 5.92 Å². The molecular formula is C13H15FO2. The van der Waals surface area contributed by atoms with Crippen LogP contribution < -0.4 is 0 Å². The van der Waals surface area contributed by atoms with E-state index in [1.165, 1.54) is 25.0 Å². The number of benzene rings is 1. The number of rotatable bonds is 5. The number of halogens is 1. The number of hydrogen-bond acceptors (Lipinski definition) is 1. The van der Waals surface area contributed by atoms with E-state index in [0.717, 1.165) is 6.42 Å². The lowest BCUT2D eigenvalue weighted by molar-refractivity contribution is -0.139. The van der Waals surface area contributed by atoms with E-state index in [1.807, 2.05) is 0 Å². The molecule has 1 saturated carbocycles. The third kappa shape index (κ3) is 2.81. The SMILES string of the molecule is O=C(O)C(CCC1CC1)c1cccc(F)c1. The first kappa shape index (κ1) is 11.1. The maximum Gasteiger partial charge on any atom is 0.310 e. The summed E-state index contributed by atoms with van der Waals surface area (Å²) in [5, 5.41) is 9.13. The normalized spacial score (nSPS) is 17.1. The minimum atomic E-state index is -0.855. The van der Waals surface area contributed by atoms with Crippen molar-refractivity contribution in [3.63, 3.8) is 0 Å². The third-order valence-electron chi connectivity index (χ3n) is 3.11. The van der Waals surface area contributed by atoms with Gasteiger partial charge in [-0.3, -0.25) is 4.79 Å². The molecule has 16 heavy (non-hydrogen) atoms. The van der Waals surface area contributed by atoms with Crippen LogP contribution in [0.25, 0.3) is 0 Å². The van der Waals surface area contributed by atoms with Gasteiger partial charge in [0.15, 0.2) is 0 Å². The fourth-order valence-electron chi connectivity index (χ4n) is 1.96. The van der Waals surface area contributed by atoms with E-state index in [4.69, 9.17) is 5.11 Å². The third-order valence-corrected chi connectivity index (χ3v) is 3.11. The van der Waals surface area contributed by atoms with E-state index in [-0.39, 0.29) is 5.82 Å². The van der Waals surface area contributed by atoms with Gasteiger partial charge in [-0.25, -0.2) is 4.39 Å². The van der Waals surface area contributed by atoms with Crippen molar-refractivity contribution in [1.82, 2.24) is 0 Å². The van der Waals surface area contributed by atoms with Crippen molar-refractivity contribution in [2.45, 2.75) is 31.6 Å². The van der Waals surface area contributed by atoms with Crippen LogP contribution in [0.1, 0.15) is 37.2 Å². The number of carbonyl (C=O) groups is 1. The molecule has 0 bridgehead atoms. The molecule has 1 aromatic rings. The lowest BCUT2D eigenvalue weighted by Crippen LogP contribution is -2.12. The van der Waals surface area contributed by atoms with Crippen LogP contribution in [-0.2, 0) is 4.79 Å². The zero-order chi connectivity index (χ0) is 11.5. The lowest BCUT2D eigenvalue weighted by atomic mass is 9.93. The second kappa shape index (κ2) is 4.64. The number of carboxylic acids is 1. The summed E-state index contributed by atoms with van der Waals surface area (Å²) in [5.41, 5.74) is 0.577. The Morgan fingerprint density at radius 3 is 2.81 bits per heavy atom. The summed E-state index contributed by atoms with van der Waals surface area (Å²) < 4.78 is 13.0. The van der Waals surface area contributed by atoms with Gasteiger partial charge in [0.2, 0.25) is 0 Å². The van der Waals surface area contributed by atoms with E-state index in [2.05, 4.69) is 0 Å². The van der Waals surface area contributed by atoms with E-state index < -0.39 is 11.9 Å². The highest BCUT2D eigenvalue weighted by Gasteiger charge is 2.26. The smallest absolute Gasteiger partial charge is 0.310 e. The van der Waals surface area contributed by atoms with Crippen molar-refractivity contribution < 1.29 is 14.3 Å². The van der Waals surface area contributed by atoms with Crippen molar-refractivity contribution in [3.8, 4) is 0 Å². The molecule has 0 aromatic heterocycles. The molecular weight excluding hydrogens is 207 g/mol. The minimum Gasteiger partial charge on any atom is -0.481 e. The zero-order valence-corrected chi connectivity index (χ0v) is 9.03. The fraction of sp³-hybridized carbons (Fsp3) is 0.462. The zero-order valence-electron chi connectivity index (χ0n) is 9.03. The topological polar surface area (TPSA) is 37.3 Å². The second-order valence-electron chi connectivity index (χ2n) is 4.47. The Bertz CT molecular complexity index is 385. The molecule has 0 amide bonds. The molecule has 0 spiro atoms. The average Bonchev–Trinajstić information content (AvgIpc) is 3.01. The minimum absolute atomic E-state index is 0.366. The summed E-state index contributed by atoms with van der Waals surface area (Å²) in [7, 11) is 0. The standard InChI is InChI=1S/C13H15FO2/c14-11-3-1-2-10(8-11)12(13(15)16)7-6-9-4-5-9/h1-3,8-9,12H,4-7H2,(H,15,16). The second-order valence-corrected chi connectivity index (χ2v) is 4.47. The average molecular weight is 222 g/mol. The van der Waals surface area contributed by atoms with Gasteiger partial charge in [0.25, 0.3) is 0 Å². The van der Waals surface area contributed by atoms with Crippen LogP contribution in [0.5, 0.6) is 0 Å². The van der Waals surface area contributed by atoms with Crippen LogP contribution in [0.2, 0.25) is 0 Å². The summed E-state index contributed by atoms with van der Waals surface area (Å²) in [6.07, 6.45) is 3.99. The molecule has 1 aliphatic carbocycles. The van der Waals surface area contributed by atoms with Gasteiger partial charge >= 0.3 is 5.97 Å². The summed E-state index contributed by atoms with van der Waals surface area (Å²) in [4.78, 5) is 11.1. The maximum absolute atomic E-state index is 13.0. The molecule has 0 radical (unpaired) electrons. The number of hydrogen-bond donors (Lipinski definition) is 1. The van der Waals surface area contributed by atoms with Gasteiger partial charge in [-0.2, -0.15) is 0 Å². The predicted molar refractivity (Wildman–Crippen MR) is 58.7 cm³/mol. The van der Waals surface area contributed by atoms with E-state index >= 15 is 0 Å². The van der Waals surface area contributed by atoms with Gasteiger partial charge < -0.3 is 5.11 Å². The molecule has 0 saturated heterocycles. The quantitative estimate of drug-likeness (QED) is 0.830. The number of carboxylic acid groups (broad SMARTS) is 1. The molecule has 1 atom stereocenters. The van der Waals surface area contributed by atoms with Crippen LogP contribution in [0.15, 0.2) is 24.3 Å². The molecule has 1 aliphatic rings. The molecule has 0 aliphatic heterocycles. The van der Waals surface area contributed by atoms with Crippen LogP contribution in [-0.4, -0.2) is 11.1 Å². The van der Waals surface area contributed by atoms with Crippen LogP contribution in [0, 0.1) is 11.7 Å². The van der Waals surface area contributed by atoms with Gasteiger partial charge in [-0.05, 0) is 36.5 Å². The Balaban J connectivity index is 2.07. The van der Waals surface area contributed by atoms with Crippen molar-refractivity contribution >= 4 is 5.97 Å². The Morgan fingerprint density at radius 2 is 2.25 bits per heavy atom. The fourth-order valence-corrected chi connectivity index (χ4v) is 1.96. The summed E-state index contributed by atoms with van der Waals surface area (Å²) in [5.74, 6) is -1.08. The predicted octanol–water partition coefficient (Wildman–Crippen LogP) is 3.18. The first-order chi connectivity index (χ1) is 7.66. The van der Waals surface area contributed by atoms with Gasteiger partial charge in [0, 0.05) is 0 Å². The first-order valence-electron chi connectivity index (χ1n) is 5.65. The first-order valence-corrected chi connectivity index (χ1v) is 5.65. The van der Waals surface area contributed by atoms with E-state index in [1.54, 1.807) is 12.1 Å². The summed E-state index contributed by atoms with van der Waals surface area (Å²) in [6.45, 7) is 0. The van der Waals surface area contributed by atoms with E-state index in [9.17, 15) is 9.18 Å². The molecule has 1 fully saturated rings. The van der Waals surface area contributed by atoms with Crippen molar-refractivity contribution in [3.05, 3.63) is 35.6 Å². The Hall–Kier alpha value is -1.38. The van der Waals surface area contributed by atoms with E-state index in [0.29, 0.717) is 17.9 Å². The highest BCUT2D eigenvalue weighted by atomic mass is 19.1. The molecule has 1 unspecified atom stereocenters. The highest BCUT2D eigenvalue weighted by Crippen LogP contribution is 2.36. The largest absolute Gasteiger partial charge is 0.481 e. The Labute approximate surface area is 94.1 Å². The Morgan fingerprint density at radius 1 is 1.50 bits per heavy atom. The summed E-state index contributed by atoms with van der Waals surface area (Å²) >= 11 is 0. The van der Waals surface area contributed by atoms with Gasteiger partial charge in [-0.1, -0.05) is 25.0 Å². The maximum atomic E-state index is 13.0. The molecule has 3 heteroatoms. The lowest BCUT2D eigenvalue weighted by Gasteiger charge is -2.12. The Kier molecular flexibility index (Phi) is 3.22. The van der Waals surface area contributed by atoms with Gasteiger partial charge in [0.05, 0.1) is 5.92 Å². The van der Waals surface area contributed by atoms with Gasteiger partial charge in [-0.15, -0.1) is 0 Å². The molecule has 0 heterocycles. The summed E-state index contributed by atoms with van der Waals surface area (Å²) in [6, 6.07) is 5.92. The highest BCUT2D eigenvalue weighted by molar-refractivity contribution is 5.76. The van der Waals surface area contributed by atoms with Gasteiger partial charge in [0.1, 0.15) is 5.82 Å². The molecule has 2 nitrogen and oxygen atoms in total. The van der Waals surface area contributed by atoms with Crippen LogP contribution in [0.4, 0.5) is 4.39 Å². The van der Waals surface area contributed by atoms with Crippen molar-refractivity contribution in [1.29, 1.82) is 0 Å². The van der Waals surface area contributed by atoms with Crippen molar-refractivity contribution in [2.75, 3.05) is 0 Å². The molecule has 86 valence electrons. The molecule has 1 N–H and O–H groups in total.